The Kier molecular flexibility index (Phi) is 8.38. The number of ether oxygens (including phenoxy) is 1. The summed E-state index contributed by atoms with van der Waals surface area (Å²) in [5, 5.41) is 3.43. The Morgan fingerprint density at radius 3 is 2.78 bits per heavy atom. The fraction of sp³-hybridized carbons (Fsp3) is 0.643. The zero-order chi connectivity index (χ0) is 13.1. The van der Waals surface area contributed by atoms with Crippen LogP contribution in [-0.4, -0.2) is 49.8 Å². The van der Waals surface area contributed by atoms with Gasteiger partial charge in [-0.1, -0.05) is 0 Å². The van der Waals surface area contributed by atoms with Gasteiger partial charge in [0.2, 0.25) is 0 Å². The van der Waals surface area contributed by atoms with Gasteiger partial charge in [0.15, 0.2) is 0 Å². The molecule has 0 aromatic carbocycles. The maximum Gasteiger partial charge on any atom is 0.0477 e. The van der Waals surface area contributed by atoms with E-state index < -0.39 is 0 Å². The van der Waals surface area contributed by atoms with Gasteiger partial charge in [-0.2, -0.15) is 0 Å². The van der Waals surface area contributed by atoms with Crippen molar-refractivity contribution in [3.8, 4) is 0 Å². The van der Waals surface area contributed by atoms with Gasteiger partial charge in [-0.25, -0.2) is 0 Å². The second-order valence-corrected chi connectivity index (χ2v) is 4.39. The average Bonchev–Trinajstić information content (AvgIpc) is 2.39. The van der Waals surface area contributed by atoms with Crippen LogP contribution in [0.15, 0.2) is 24.5 Å². The number of nitrogens with one attached hydrogen (secondary N) is 1. The molecular weight excluding hydrogens is 226 g/mol. The van der Waals surface area contributed by atoms with Gasteiger partial charge in [0, 0.05) is 45.2 Å². The van der Waals surface area contributed by atoms with Crippen molar-refractivity contribution >= 4 is 0 Å². The summed E-state index contributed by atoms with van der Waals surface area (Å²) in [6, 6.07) is 4.12. The molecule has 0 unspecified atom stereocenters. The molecule has 1 N–H and O–H groups in total. The summed E-state index contributed by atoms with van der Waals surface area (Å²) in [5.74, 6) is 0. The van der Waals surface area contributed by atoms with E-state index in [-0.39, 0.29) is 0 Å². The van der Waals surface area contributed by atoms with Crippen molar-refractivity contribution in [2.75, 3.05) is 39.9 Å². The summed E-state index contributed by atoms with van der Waals surface area (Å²) in [5.41, 5.74) is 1.31. The summed E-state index contributed by atoms with van der Waals surface area (Å²) in [6.45, 7) is 7.78. The summed E-state index contributed by atoms with van der Waals surface area (Å²) >= 11 is 0. The van der Waals surface area contributed by atoms with Crippen LogP contribution in [0.4, 0.5) is 0 Å². The van der Waals surface area contributed by atoms with Gasteiger partial charge in [0.1, 0.15) is 0 Å². The molecule has 102 valence electrons. The SMILES string of the molecule is CCOCCCNCCN(C)Cc1ccncc1. The van der Waals surface area contributed by atoms with Crippen molar-refractivity contribution in [3.05, 3.63) is 30.1 Å². The highest BCUT2D eigenvalue weighted by Crippen LogP contribution is 1.99. The van der Waals surface area contributed by atoms with E-state index in [1.165, 1.54) is 5.56 Å². The van der Waals surface area contributed by atoms with Crippen molar-refractivity contribution in [1.29, 1.82) is 0 Å². The van der Waals surface area contributed by atoms with Crippen molar-refractivity contribution in [2.24, 2.45) is 0 Å². The predicted molar refractivity (Wildman–Crippen MR) is 74.6 cm³/mol. The molecule has 0 bridgehead atoms. The molecule has 0 saturated heterocycles. The number of pyridine rings is 1. The van der Waals surface area contributed by atoms with Gasteiger partial charge < -0.3 is 15.0 Å². The molecule has 0 fully saturated rings. The Balaban J connectivity index is 1.99. The van der Waals surface area contributed by atoms with E-state index in [0.29, 0.717) is 0 Å². The van der Waals surface area contributed by atoms with Gasteiger partial charge in [0.25, 0.3) is 0 Å². The molecular formula is C14H25N3O. The molecule has 4 heteroatoms. The largest absolute Gasteiger partial charge is 0.382 e. The van der Waals surface area contributed by atoms with E-state index in [9.17, 15) is 0 Å². The fourth-order valence-electron chi connectivity index (χ4n) is 1.72. The Bertz CT molecular complexity index is 292. The Morgan fingerprint density at radius 2 is 2.06 bits per heavy atom. The van der Waals surface area contributed by atoms with E-state index in [0.717, 1.165) is 45.8 Å². The molecule has 0 aliphatic heterocycles. The van der Waals surface area contributed by atoms with Crippen molar-refractivity contribution in [2.45, 2.75) is 19.9 Å². The summed E-state index contributed by atoms with van der Waals surface area (Å²) in [4.78, 5) is 6.33. The standard InChI is InChI=1S/C14H25N3O/c1-3-18-12-4-7-15-10-11-17(2)13-14-5-8-16-9-6-14/h5-6,8-9,15H,3-4,7,10-13H2,1-2H3. The first kappa shape index (κ1) is 15.1. The molecule has 0 radical (unpaired) electrons. The molecule has 1 rings (SSSR count). The molecule has 0 amide bonds. The lowest BCUT2D eigenvalue weighted by molar-refractivity contribution is 0.144. The molecule has 1 aromatic heterocycles. The number of nitrogens with zero attached hydrogens (tertiary/aromatic N) is 2. The van der Waals surface area contributed by atoms with Crippen LogP contribution in [-0.2, 0) is 11.3 Å². The lowest BCUT2D eigenvalue weighted by Crippen LogP contribution is -2.29. The zero-order valence-corrected chi connectivity index (χ0v) is 11.6. The van der Waals surface area contributed by atoms with E-state index in [2.05, 4.69) is 34.4 Å². The fourth-order valence-corrected chi connectivity index (χ4v) is 1.72. The molecule has 0 spiro atoms. The minimum absolute atomic E-state index is 0.814. The summed E-state index contributed by atoms with van der Waals surface area (Å²) in [6.07, 6.45) is 4.77. The van der Waals surface area contributed by atoms with Crippen LogP contribution in [0.3, 0.4) is 0 Å². The highest BCUT2D eigenvalue weighted by atomic mass is 16.5. The Morgan fingerprint density at radius 1 is 1.28 bits per heavy atom. The van der Waals surface area contributed by atoms with Crippen LogP contribution in [0.25, 0.3) is 0 Å². The number of hydrogen-bond donors (Lipinski definition) is 1. The summed E-state index contributed by atoms with van der Waals surface area (Å²) in [7, 11) is 2.14. The third-order valence-electron chi connectivity index (χ3n) is 2.72. The predicted octanol–water partition coefficient (Wildman–Crippen LogP) is 1.53. The number of hydrogen-bond acceptors (Lipinski definition) is 4. The highest BCUT2D eigenvalue weighted by molar-refractivity contribution is 5.09. The first-order chi connectivity index (χ1) is 8.83. The normalized spacial score (nSPS) is 11.1. The van der Waals surface area contributed by atoms with E-state index in [1.807, 2.05) is 19.3 Å². The number of rotatable bonds is 10. The second kappa shape index (κ2) is 10.00. The summed E-state index contributed by atoms with van der Waals surface area (Å²) < 4.78 is 5.28. The maximum atomic E-state index is 5.28. The first-order valence-corrected chi connectivity index (χ1v) is 6.69. The molecule has 1 heterocycles. The number of aromatic nitrogens is 1. The van der Waals surface area contributed by atoms with Gasteiger partial charge in [-0.3, -0.25) is 4.98 Å². The van der Waals surface area contributed by atoms with Crippen LogP contribution in [0.1, 0.15) is 18.9 Å². The zero-order valence-electron chi connectivity index (χ0n) is 11.6. The van der Waals surface area contributed by atoms with Gasteiger partial charge in [0.05, 0.1) is 0 Å². The Labute approximate surface area is 110 Å². The molecule has 0 aliphatic carbocycles. The monoisotopic (exact) mass is 251 g/mol. The van der Waals surface area contributed by atoms with Crippen LogP contribution in [0.2, 0.25) is 0 Å². The van der Waals surface area contributed by atoms with Crippen LogP contribution in [0.5, 0.6) is 0 Å². The number of likely N-dealkylation sites (N-methyl/N-ethyl adjacent to an activating group) is 1. The Hall–Kier alpha value is -0.970. The van der Waals surface area contributed by atoms with Crippen LogP contribution in [0, 0.1) is 0 Å². The molecule has 0 saturated carbocycles. The van der Waals surface area contributed by atoms with Crippen molar-refractivity contribution in [1.82, 2.24) is 15.2 Å². The van der Waals surface area contributed by atoms with Gasteiger partial charge in [-0.15, -0.1) is 0 Å². The van der Waals surface area contributed by atoms with E-state index in [1.54, 1.807) is 0 Å². The first-order valence-electron chi connectivity index (χ1n) is 6.69. The minimum Gasteiger partial charge on any atom is -0.382 e. The highest BCUT2D eigenvalue weighted by Gasteiger charge is 1.99. The molecule has 18 heavy (non-hydrogen) atoms. The molecule has 4 nitrogen and oxygen atoms in total. The molecule has 1 aromatic rings. The van der Waals surface area contributed by atoms with Crippen molar-refractivity contribution in [3.63, 3.8) is 0 Å². The smallest absolute Gasteiger partial charge is 0.0477 e. The quantitative estimate of drug-likeness (QED) is 0.640. The average molecular weight is 251 g/mol. The third kappa shape index (κ3) is 7.37. The topological polar surface area (TPSA) is 37.4 Å². The van der Waals surface area contributed by atoms with Crippen LogP contribution < -0.4 is 5.32 Å². The molecule has 0 aliphatic rings. The van der Waals surface area contributed by atoms with E-state index in [4.69, 9.17) is 4.74 Å². The van der Waals surface area contributed by atoms with Crippen molar-refractivity contribution < 1.29 is 4.74 Å². The lowest BCUT2D eigenvalue weighted by atomic mass is 10.2. The second-order valence-electron chi connectivity index (χ2n) is 4.39. The molecule has 0 atom stereocenters. The maximum absolute atomic E-state index is 5.28. The van der Waals surface area contributed by atoms with E-state index >= 15 is 0 Å². The third-order valence-corrected chi connectivity index (χ3v) is 2.72. The lowest BCUT2D eigenvalue weighted by Gasteiger charge is -2.16. The van der Waals surface area contributed by atoms with Crippen LogP contribution >= 0.6 is 0 Å². The minimum atomic E-state index is 0.814. The van der Waals surface area contributed by atoms with Gasteiger partial charge >= 0.3 is 0 Å². The van der Waals surface area contributed by atoms with Gasteiger partial charge in [-0.05, 0) is 44.6 Å².